The van der Waals surface area contributed by atoms with Gasteiger partial charge in [-0.25, -0.2) is 0 Å². The van der Waals surface area contributed by atoms with Crippen LogP contribution in [0.25, 0.3) is 10.9 Å². The molecule has 1 N–H and O–H groups in total. The average Bonchev–Trinajstić information content (AvgIpc) is 3.16. The van der Waals surface area contributed by atoms with Gasteiger partial charge in [-0.15, -0.1) is 0 Å². The second-order valence-corrected chi connectivity index (χ2v) is 8.02. The summed E-state index contributed by atoms with van der Waals surface area (Å²) in [4.78, 5) is 15.9. The smallest absolute Gasteiger partial charge is 0.433 e. The molecule has 0 saturated heterocycles. The van der Waals surface area contributed by atoms with Crippen LogP contribution in [0.1, 0.15) is 54.7 Å². The Balaban J connectivity index is 1.60. The molecule has 1 aliphatic rings. The molecule has 9 heteroatoms. The Kier molecular flexibility index (Phi) is 5.60. The maximum absolute atomic E-state index is 12.9. The normalized spacial score (nSPS) is 19.4. The zero-order valence-corrected chi connectivity index (χ0v) is 17.2. The fourth-order valence-corrected chi connectivity index (χ4v) is 3.95. The molecule has 6 nitrogen and oxygen atoms in total. The van der Waals surface area contributed by atoms with Gasteiger partial charge in [0.1, 0.15) is 11.4 Å². The van der Waals surface area contributed by atoms with Crippen LogP contribution in [0.15, 0.2) is 36.7 Å². The summed E-state index contributed by atoms with van der Waals surface area (Å²) in [7, 11) is 1.46. The van der Waals surface area contributed by atoms with Crippen molar-refractivity contribution >= 4 is 22.5 Å². The summed E-state index contributed by atoms with van der Waals surface area (Å²) in [5.41, 5.74) is -0.166. The number of ether oxygens (including phenoxy) is 1. The predicted octanol–water partition coefficient (Wildman–Crippen LogP) is 5.46. The summed E-state index contributed by atoms with van der Waals surface area (Å²) < 4.78 is 46.1. The van der Waals surface area contributed by atoms with Gasteiger partial charge in [0.25, 0.3) is 5.91 Å². The van der Waals surface area contributed by atoms with Crippen LogP contribution in [0.5, 0.6) is 5.75 Å². The topological polar surface area (TPSA) is 69.0 Å². The van der Waals surface area contributed by atoms with E-state index in [1.165, 1.54) is 13.2 Å². The Morgan fingerprint density at radius 1 is 1.19 bits per heavy atom. The first-order valence-electron chi connectivity index (χ1n) is 10.2. The van der Waals surface area contributed by atoms with Gasteiger partial charge in [-0.3, -0.25) is 14.5 Å². The van der Waals surface area contributed by atoms with Crippen molar-refractivity contribution in [1.29, 1.82) is 0 Å². The van der Waals surface area contributed by atoms with Gasteiger partial charge in [0.15, 0.2) is 0 Å². The van der Waals surface area contributed by atoms with E-state index in [-0.39, 0.29) is 5.56 Å². The number of hydrogen-bond acceptors (Lipinski definition) is 4. The van der Waals surface area contributed by atoms with Crippen molar-refractivity contribution in [3.05, 3.63) is 47.9 Å². The van der Waals surface area contributed by atoms with E-state index >= 15 is 0 Å². The van der Waals surface area contributed by atoms with Crippen LogP contribution in [0.3, 0.4) is 0 Å². The van der Waals surface area contributed by atoms with E-state index in [4.69, 9.17) is 4.74 Å². The van der Waals surface area contributed by atoms with Crippen molar-refractivity contribution in [2.45, 2.75) is 44.8 Å². The molecular weight excluding hydrogens is 409 g/mol. The number of alkyl halides is 3. The predicted molar refractivity (Wildman–Crippen MR) is 110 cm³/mol. The molecular formula is C22H23F3N4O2. The maximum Gasteiger partial charge on any atom is 0.433 e. The van der Waals surface area contributed by atoms with Crippen LogP contribution in [0.4, 0.5) is 18.9 Å². The summed E-state index contributed by atoms with van der Waals surface area (Å²) in [6.07, 6.45) is 2.75. The molecule has 1 amide bonds. The highest BCUT2D eigenvalue weighted by molar-refractivity contribution is 6.06. The number of rotatable bonds is 4. The first kappa shape index (κ1) is 21.1. The molecule has 0 spiro atoms. The molecule has 1 aromatic carbocycles. The van der Waals surface area contributed by atoms with E-state index in [1.807, 2.05) is 10.9 Å². The van der Waals surface area contributed by atoms with Crippen LogP contribution >= 0.6 is 0 Å². The molecule has 4 rings (SSSR count). The molecule has 1 aliphatic carbocycles. The van der Waals surface area contributed by atoms with Crippen molar-refractivity contribution in [2.24, 2.45) is 5.92 Å². The SMILES string of the molecule is COc1cc2nn([C@H]3CC[C@H](C)CC3)cc2cc1NC(=O)c1ccnc(C(F)(F)F)c1. The number of methoxy groups -OCH3 is 1. The molecule has 0 aliphatic heterocycles. The number of nitrogens with one attached hydrogen (secondary N) is 1. The number of halogens is 3. The second kappa shape index (κ2) is 8.20. The highest BCUT2D eigenvalue weighted by Gasteiger charge is 2.33. The van der Waals surface area contributed by atoms with Crippen LogP contribution in [0, 0.1) is 5.92 Å². The fourth-order valence-electron chi connectivity index (χ4n) is 3.95. The maximum atomic E-state index is 12.9. The van der Waals surface area contributed by atoms with Crippen molar-refractivity contribution in [1.82, 2.24) is 14.8 Å². The Morgan fingerprint density at radius 2 is 1.94 bits per heavy atom. The number of anilines is 1. The second-order valence-electron chi connectivity index (χ2n) is 8.02. The molecule has 164 valence electrons. The zero-order valence-electron chi connectivity index (χ0n) is 17.2. The van der Waals surface area contributed by atoms with Gasteiger partial charge < -0.3 is 10.1 Å². The van der Waals surface area contributed by atoms with E-state index in [0.29, 0.717) is 17.5 Å². The summed E-state index contributed by atoms with van der Waals surface area (Å²) in [5, 5.41) is 8.14. The Bertz CT molecular complexity index is 1100. The fraction of sp³-hybridized carbons (Fsp3) is 0.409. The standard InChI is InChI=1S/C22H23F3N4O2/c1-13-3-5-16(6-4-13)29-12-15-9-18(19(31-2)11-17(15)28-29)27-21(30)14-7-8-26-20(10-14)22(23,24)25/h7-13,16H,3-6H2,1-2H3,(H,27,30)/t13-,16-. The van der Waals surface area contributed by atoms with Gasteiger partial charge in [-0.2, -0.15) is 18.3 Å². The van der Waals surface area contributed by atoms with Crippen LogP contribution in [0.2, 0.25) is 0 Å². The molecule has 1 saturated carbocycles. The van der Waals surface area contributed by atoms with E-state index in [1.54, 1.807) is 12.1 Å². The number of nitrogens with zero attached hydrogens (tertiary/aromatic N) is 3. The minimum absolute atomic E-state index is 0.142. The molecule has 2 aromatic heterocycles. The summed E-state index contributed by atoms with van der Waals surface area (Å²) in [6, 6.07) is 5.75. The molecule has 0 radical (unpaired) electrons. The van der Waals surface area contributed by atoms with Crippen LogP contribution in [-0.2, 0) is 6.18 Å². The highest BCUT2D eigenvalue weighted by Crippen LogP contribution is 2.35. The molecule has 1 fully saturated rings. The number of hydrogen-bond donors (Lipinski definition) is 1. The quantitative estimate of drug-likeness (QED) is 0.594. The summed E-state index contributed by atoms with van der Waals surface area (Å²) in [6.45, 7) is 2.26. The number of fused-ring (bicyclic) bond motifs is 1. The first-order chi connectivity index (χ1) is 14.7. The number of aromatic nitrogens is 3. The molecule has 2 heterocycles. The number of carbonyl (C=O) groups excluding carboxylic acids is 1. The Hall–Kier alpha value is -3.10. The lowest BCUT2D eigenvalue weighted by molar-refractivity contribution is -0.141. The minimum Gasteiger partial charge on any atom is -0.494 e. The van der Waals surface area contributed by atoms with Crippen molar-refractivity contribution in [2.75, 3.05) is 12.4 Å². The average molecular weight is 432 g/mol. The van der Waals surface area contributed by atoms with Gasteiger partial charge in [0.05, 0.1) is 24.4 Å². The Labute approximate surface area is 177 Å². The Morgan fingerprint density at radius 3 is 2.61 bits per heavy atom. The van der Waals surface area contributed by atoms with Crippen LogP contribution < -0.4 is 10.1 Å². The zero-order chi connectivity index (χ0) is 22.2. The summed E-state index contributed by atoms with van der Waals surface area (Å²) in [5.74, 6) is 0.432. The third-order valence-electron chi connectivity index (χ3n) is 5.76. The van der Waals surface area contributed by atoms with E-state index < -0.39 is 17.8 Å². The van der Waals surface area contributed by atoms with Crippen LogP contribution in [-0.4, -0.2) is 27.8 Å². The third-order valence-corrected chi connectivity index (χ3v) is 5.76. The molecule has 3 aromatic rings. The van der Waals surface area contributed by atoms with E-state index in [9.17, 15) is 18.0 Å². The number of benzene rings is 1. The number of pyridine rings is 1. The summed E-state index contributed by atoms with van der Waals surface area (Å²) >= 11 is 0. The van der Waals surface area contributed by atoms with Gasteiger partial charge in [0, 0.05) is 29.4 Å². The molecule has 0 bridgehead atoms. The first-order valence-corrected chi connectivity index (χ1v) is 10.2. The number of carbonyl (C=O) groups is 1. The van der Waals surface area contributed by atoms with Gasteiger partial charge >= 0.3 is 6.18 Å². The van der Waals surface area contributed by atoms with Crippen molar-refractivity contribution in [3.8, 4) is 5.75 Å². The lowest BCUT2D eigenvalue weighted by atomic mass is 9.87. The van der Waals surface area contributed by atoms with Crippen molar-refractivity contribution in [3.63, 3.8) is 0 Å². The third kappa shape index (κ3) is 4.50. The van der Waals surface area contributed by atoms with E-state index in [0.717, 1.165) is 54.8 Å². The molecule has 0 atom stereocenters. The van der Waals surface area contributed by atoms with Gasteiger partial charge in [0.2, 0.25) is 0 Å². The van der Waals surface area contributed by atoms with Gasteiger partial charge in [-0.05, 0) is 49.8 Å². The highest BCUT2D eigenvalue weighted by atomic mass is 19.4. The minimum atomic E-state index is -4.63. The number of amides is 1. The van der Waals surface area contributed by atoms with Crippen molar-refractivity contribution < 1.29 is 22.7 Å². The lowest BCUT2D eigenvalue weighted by Crippen LogP contribution is -2.16. The monoisotopic (exact) mass is 432 g/mol. The molecule has 0 unspecified atom stereocenters. The van der Waals surface area contributed by atoms with E-state index in [2.05, 4.69) is 22.3 Å². The van der Waals surface area contributed by atoms with Gasteiger partial charge in [-0.1, -0.05) is 6.92 Å². The lowest BCUT2D eigenvalue weighted by Gasteiger charge is -2.26. The molecule has 31 heavy (non-hydrogen) atoms. The largest absolute Gasteiger partial charge is 0.494 e.